The van der Waals surface area contributed by atoms with Crippen molar-refractivity contribution in [3.63, 3.8) is 0 Å². The van der Waals surface area contributed by atoms with Gasteiger partial charge in [0.05, 0.1) is 17.4 Å². The summed E-state index contributed by atoms with van der Waals surface area (Å²) >= 11 is 0. The molecular formula is C33H54O6. The Labute approximate surface area is 236 Å². The lowest BCUT2D eigenvalue weighted by molar-refractivity contribution is -0.193. The number of esters is 2. The molecule has 0 aliphatic heterocycles. The monoisotopic (exact) mass is 546 g/mol. The highest BCUT2D eigenvalue weighted by atomic mass is 16.7. The van der Waals surface area contributed by atoms with Gasteiger partial charge >= 0.3 is 11.9 Å². The molecule has 8 saturated carbocycles. The quantitative estimate of drug-likeness (QED) is 0.201. The largest absolute Gasteiger partial charge is 0.462 e. The van der Waals surface area contributed by atoms with Crippen molar-refractivity contribution in [1.82, 2.24) is 0 Å². The molecule has 0 radical (unpaired) electrons. The Morgan fingerprint density at radius 2 is 1.56 bits per heavy atom. The maximum Gasteiger partial charge on any atom is 0.311 e. The predicted octanol–water partition coefficient (Wildman–Crippen LogP) is 6.69. The molecule has 222 valence electrons. The number of rotatable bonds is 7. The first-order valence-electron chi connectivity index (χ1n) is 14.8. The first-order chi connectivity index (χ1) is 17.2. The fraction of sp³-hybridized carbons (Fsp3) is 0.909. The van der Waals surface area contributed by atoms with E-state index in [-0.39, 0.29) is 71.0 Å². The predicted molar refractivity (Wildman–Crippen MR) is 150 cm³/mol. The van der Waals surface area contributed by atoms with Crippen LogP contribution in [0.1, 0.15) is 101 Å². The molecule has 39 heavy (non-hydrogen) atoms. The highest BCUT2D eigenvalue weighted by Gasteiger charge is 2.66. The third-order valence-corrected chi connectivity index (χ3v) is 12.3. The van der Waals surface area contributed by atoms with Gasteiger partial charge < -0.3 is 14.2 Å². The van der Waals surface area contributed by atoms with Crippen molar-refractivity contribution in [2.75, 3.05) is 6.79 Å². The molecule has 8 aliphatic rings. The molecule has 0 aromatic heterocycles. The van der Waals surface area contributed by atoms with Crippen molar-refractivity contribution in [1.29, 1.82) is 0 Å². The summed E-state index contributed by atoms with van der Waals surface area (Å²) < 4.78 is 18.0. The normalized spacial score (nSPS) is 45.7. The van der Waals surface area contributed by atoms with E-state index in [1.165, 1.54) is 0 Å². The highest BCUT2D eigenvalue weighted by Crippen LogP contribution is 2.69. The molecule has 6 nitrogen and oxygen atoms in total. The Morgan fingerprint density at radius 3 is 2.31 bits per heavy atom. The molecule has 0 aromatic carbocycles. The molecule has 0 aromatic rings. The van der Waals surface area contributed by atoms with Gasteiger partial charge in [-0.3, -0.25) is 14.4 Å². The fourth-order valence-corrected chi connectivity index (χ4v) is 10.5. The Kier molecular flexibility index (Phi) is 8.42. The van der Waals surface area contributed by atoms with E-state index in [4.69, 9.17) is 14.2 Å². The van der Waals surface area contributed by atoms with Crippen LogP contribution in [0, 0.1) is 70.5 Å². The molecule has 8 fully saturated rings. The van der Waals surface area contributed by atoms with Crippen LogP contribution in [0.15, 0.2) is 0 Å². The van der Waals surface area contributed by atoms with Gasteiger partial charge in [-0.25, -0.2) is 0 Å². The SMILES string of the molecule is C.C.C.CCC(C)(C)C(=O)OC1CC2CC1C1C3CC(CC3C(=O)OCOC3C4CC5CC(C4)C(=O)C3C5)C21. The number of carbonyl (C=O) groups excluding carboxylic acids is 3. The van der Waals surface area contributed by atoms with Gasteiger partial charge in [0.2, 0.25) is 0 Å². The van der Waals surface area contributed by atoms with Crippen LogP contribution in [0.25, 0.3) is 0 Å². The third kappa shape index (κ3) is 4.59. The third-order valence-electron chi connectivity index (χ3n) is 12.3. The number of ether oxygens (including phenoxy) is 3. The van der Waals surface area contributed by atoms with Crippen LogP contribution in [0.3, 0.4) is 0 Å². The summed E-state index contributed by atoms with van der Waals surface area (Å²) in [6.45, 7) is 5.96. The van der Waals surface area contributed by atoms with Gasteiger partial charge in [-0.1, -0.05) is 29.2 Å². The van der Waals surface area contributed by atoms with Crippen LogP contribution < -0.4 is 0 Å². The van der Waals surface area contributed by atoms with E-state index in [2.05, 4.69) is 0 Å². The van der Waals surface area contributed by atoms with Gasteiger partial charge in [0.25, 0.3) is 0 Å². The Hall–Kier alpha value is -1.43. The van der Waals surface area contributed by atoms with Crippen LogP contribution >= 0.6 is 0 Å². The minimum absolute atomic E-state index is 0. The molecule has 0 N–H and O–H groups in total. The second-order valence-electron chi connectivity index (χ2n) is 14.2. The number of ketones is 1. The van der Waals surface area contributed by atoms with Gasteiger partial charge in [-0.05, 0) is 119 Å². The van der Waals surface area contributed by atoms with Crippen LogP contribution in [0.2, 0.25) is 0 Å². The van der Waals surface area contributed by atoms with Crippen molar-refractivity contribution in [2.24, 2.45) is 70.5 Å². The lowest BCUT2D eigenvalue weighted by Crippen LogP contribution is -2.55. The molecule has 0 heterocycles. The van der Waals surface area contributed by atoms with Crippen LogP contribution in [0.5, 0.6) is 0 Å². The topological polar surface area (TPSA) is 78.9 Å². The van der Waals surface area contributed by atoms with Crippen LogP contribution in [-0.2, 0) is 28.6 Å². The molecule has 8 rings (SSSR count). The first-order valence-corrected chi connectivity index (χ1v) is 14.8. The summed E-state index contributed by atoms with van der Waals surface area (Å²) in [6.07, 6.45) is 9.12. The second-order valence-corrected chi connectivity index (χ2v) is 14.2. The summed E-state index contributed by atoms with van der Waals surface area (Å²) in [4.78, 5) is 38.7. The van der Waals surface area contributed by atoms with Crippen LogP contribution in [0.4, 0.5) is 0 Å². The minimum Gasteiger partial charge on any atom is -0.462 e. The Balaban J connectivity index is 0.00000118. The summed E-state index contributed by atoms with van der Waals surface area (Å²) in [6, 6.07) is 0. The average molecular weight is 547 g/mol. The number of fused-ring (bicyclic) bond motifs is 9. The highest BCUT2D eigenvalue weighted by molar-refractivity contribution is 5.86. The lowest BCUT2D eigenvalue weighted by Gasteiger charge is -2.52. The lowest BCUT2D eigenvalue weighted by atomic mass is 9.54. The van der Waals surface area contributed by atoms with E-state index in [9.17, 15) is 14.4 Å². The van der Waals surface area contributed by atoms with Crippen molar-refractivity contribution in [3.05, 3.63) is 0 Å². The van der Waals surface area contributed by atoms with Gasteiger partial charge in [0.1, 0.15) is 11.9 Å². The van der Waals surface area contributed by atoms with E-state index >= 15 is 0 Å². The molecule has 13 atom stereocenters. The molecule has 0 amide bonds. The smallest absolute Gasteiger partial charge is 0.311 e. The van der Waals surface area contributed by atoms with Gasteiger partial charge in [-0.15, -0.1) is 0 Å². The molecule has 8 bridgehead atoms. The number of Topliss-reactive ketones (excluding diaryl/α,β-unsaturated/α-hetero) is 1. The molecule has 6 heteroatoms. The van der Waals surface area contributed by atoms with E-state index < -0.39 is 5.41 Å². The van der Waals surface area contributed by atoms with Gasteiger partial charge in [-0.2, -0.15) is 0 Å². The Bertz CT molecular complexity index is 958. The minimum atomic E-state index is -0.440. The zero-order valence-electron chi connectivity index (χ0n) is 22.0. The molecule has 8 aliphatic carbocycles. The van der Waals surface area contributed by atoms with Crippen molar-refractivity contribution in [3.8, 4) is 0 Å². The van der Waals surface area contributed by atoms with Gasteiger partial charge in [0.15, 0.2) is 6.79 Å². The average Bonchev–Trinajstić information content (AvgIpc) is 3.62. The number of hydrogen-bond donors (Lipinski definition) is 0. The fourth-order valence-electron chi connectivity index (χ4n) is 10.5. The maximum absolute atomic E-state index is 13.2. The number of carbonyl (C=O) groups is 3. The van der Waals surface area contributed by atoms with Gasteiger partial charge in [0, 0.05) is 11.8 Å². The van der Waals surface area contributed by atoms with E-state index in [0.717, 1.165) is 57.8 Å². The van der Waals surface area contributed by atoms with Crippen molar-refractivity contribution >= 4 is 17.7 Å². The molecule has 0 spiro atoms. The van der Waals surface area contributed by atoms with E-state index in [1.807, 2.05) is 20.8 Å². The number of hydrogen-bond acceptors (Lipinski definition) is 6. The van der Waals surface area contributed by atoms with E-state index in [0.29, 0.717) is 53.1 Å². The Morgan fingerprint density at radius 1 is 0.846 bits per heavy atom. The standard InChI is InChI=1S/C30H42O6.3CH4/c1-4-30(2,3)29(33)36-23-12-16-11-21(23)25-19-9-15(24(16)25)10-20(19)28(32)35-13-34-27-18-6-14-5-17(8-18)26(31)22(27)7-14;;;/h14-25,27H,4-13H2,1-3H3;3*1H4. The summed E-state index contributed by atoms with van der Waals surface area (Å²) in [5.74, 6) is 4.79. The summed E-state index contributed by atoms with van der Waals surface area (Å²) in [7, 11) is 0. The zero-order chi connectivity index (χ0) is 24.9. The first kappa shape index (κ1) is 30.5. The molecule has 13 unspecified atom stereocenters. The van der Waals surface area contributed by atoms with Crippen molar-refractivity contribution in [2.45, 2.75) is 113 Å². The molecule has 0 saturated heterocycles. The van der Waals surface area contributed by atoms with E-state index in [1.54, 1.807) is 0 Å². The molecular weight excluding hydrogens is 492 g/mol. The van der Waals surface area contributed by atoms with Crippen LogP contribution in [-0.4, -0.2) is 36.7 Å². The maximum atomic E-state index is 13.2. The zero-order valence-corrected chi connectivity index (χ0v) is 22.0. The summed E-state index contributed by atoms with van der Waals surface area (Å²) in [5.41, 5.74) is -0.440. The van der Waals surface area contributed by atoms with Crippen molar-refractivity contribution < 1.29 is 28.6 Å². The summed E-state index contributed by atoms with van der Waals surface area (Å²) in [5, 5.41) is 0. The second kappa shape index (κ2) is 10.8.